The highest BCUT2D eigenvalue weighted by Crippen LogP contribution is 2.20. The van der Waals surface area contributed by atoms with Crippen LogP contribution in [0, 0.1) is 0 Å². The van der Waals surface area contributed by atoms with Crippen molar-refractivity contribution in [2.45, 2.75) is 39.2 Å². The number of fused-ring (bicyclic) bond motifs is 1. The molecule has 164 valence electrons. The Balaban J connectivity index is 1.53. The van der Waals surface area contributed by atoms with E-state index < -0.39 is 0 Å². The molecule has 6 heteroatoms. The maximum absolute atomic E-state index is 11.4. The Morgan fingerprint density at radius 3 is 2.61 bits per heavy atom. The largest absolute Gasteiger partial charge is 0.497 e. The average Bonchev–Trinajstić information content (AvgIpc) is 3.14. The molecule has 2 aromatic carbocycles. The molecule has 3 aromatic rings. The van der Waals surface area contributed by atoms with Gasteiger partial charge < -0.3 is 19.4 Å². The second-order valence-corrected chi connectivity index (χ2v) is 7.29. The van der Waals surface area contributed by atoms with Gasteiger partial charge in [-0.3, -0.25) is 4.79 Å². The quantitative estimate of drug-likeness (QED) is 0.345. The Kier molecular flexibility index (Phi) is 8.52. The van der Waals surface area contributed by atoms with Crippen molar-refractivity contribution in [3.8, 4) is 11.5 Å². The molecule has 0 aliphatic heterocycles. The van der Waals surface area contributed by atoms with Gasteiger partial charge in [0.1, 0.15) is 23.9 Å². The Labute approximate surface area is 183 Å². The lowest BCUT2D eigenvalue weighted by Crippen LogP contribution is -2.22. The lowest BCUT2D eigenvalue weighted by molar-refractivity contribution is -0.116. The minimum absolute atomic E-state index is 0.0267. The third-order valence-corrected chi connectivity index (χ3v) is 5.07. The van der Waals surface area contributed by atoms with Gasteiger partial charge in [-0.25, -0.2) is 4.98 Å². The van der Waals surface area contributed by atoms with Gasteiger partial charge in [-0.1, -0.05) is 24.6 Å². The zero-order valence-corrected chi connectivity index (χ0v) is 18.3. The topological polar surface area (TPSA) is 65.4 Å². The summed E-state index contributed by atoms with van der Waals surface area (Å²) in [5.41, 5.74) is 2.15. The van der Waals surface area contributed by atoms with Crippen LogP contribution in [0.3, 0.4) is 0 Å². The van der Waals surface area contributed by atoms with Crippen molar-refractivity contribution >= 4 is 16.9 Å². The predicted octanol–water partition coefficient (Wildman–Crippen LogP) is 4.53. The maximum atomic E-state index is 11.4. The van der Waals surface area contributed by atoms with Crippen molar-refractivity contribution in [1.29, 1.82) is 0 Å². The fraction of sp³-hybridized carbons (Fsp3) is 0.360. The minimum Gasteiger partial charge on any atom is -0.497 e. The van der Waals surface area contributed by atoms with E-state index in [1.54, 1.807) is 19.3 Å². The zero-order chi connectivity index (χ0) is 21.9. The van der Waals surface area contributed by atoms with E-state index in [9.17, 15) is 4.79 Å². The number of amides is 1. The molecule has 0 atom stereocenters. The highest BCUT2D eigenvalue weighted by atomic mass is 16.5. The molecule has 0 spiro atoms. The predicted molar refractivity (Wildman–Crippen MR) is 124 cm³/mol. The normalized spacial score (nSPS) is 11.2. The van der Waals surface area contributed by atoms with Gasteiger partial charge in [-0.05, 0) is 62.2 Å². The number of para-hydroxylation sites is 2. The molecule has 1 heterocycles. The highest BCUT2D eigenvalue weighted by molar-refractivity contribution is 5.87. The number of methoxy groups -OCH3 is 1. The fourth-order valence-corrected chi connectivity index (χ4v) is 3.50. The third kappa shape index (κ3) is 6.60. The number of nitrogens with zero attached hydrogens (tertiary/aromatic N) is 2. The molecule has 0 unspecified atom stereocenters. The number of aryl methyl sites for hydroxylation is 1. The summed E-state index contributed by atoms with van der Waals surface area (Å²) in [4.78, 5) is 16.3. The summed E-state index contributed by atoms with van der Waals surface area (Å²) in [6, 6.07) is 15.9. The molecule has 0 saturated heterocycles. The van der Waals surface area contributed by atoms with Crippen molar-refractivity contribution in [2.24, 2.45) is 0 Å². The van der Waals surface area contributed by atoms with E-state index in [4.69, 9.17) is 14.5 Å². The van der Waals surface area contributed by atoms with Crippen molar-refractivity contribution in [1.82, 2.24) is 14.9 Å². The van der Waals surface area contributed by atoms with Crippen molar-refractivity contribution in [3.63, 3.8) is 0 Å². The van der Waals surface area contributed by atoms with E-state index >= 15 is 0 Å². The number of carbonyl (C=O) groups excluding carboxylic acids is 1. The van der Waals surface area contributed by atoms with E-state index in [1.807, 2.05) is 43.3 Å². The van der Waals surface area contributed by atoms with E-state index in [1.165, 1.54) is 0 Å². The van der Waals surface area contributed by atoms with Gasteiger partial charge in [-0.2, -0.15) is 0 Å². The second kappa shape index (κ2) is 11.8. The Morgan fingerprint density at radius 2 is 1.84 bits per heavy atom. The molecular formula is C25H31N3O3. The number of imidazole rings is 1. The van der Waals surface area contributed by atoms with Gasteiger partial charge in [0.05, 0.1) is 24.7 Å². The lowest BCUT2D eigenvalue weighted by atomic mass is 10.2. The zero-order valence-electron chi connectivity index (χ0n) is 18.3. The molecule has 0 bridgehead atoms. The average molecular weight is 422 g/mol. The molecule has 1 N–H and O–H groups in total. The van der Waals surface area contributed by atoms with Gasteiger partial charge in [0, 0.05) is 13.0 Å². The molecule has 6 nitrogen and oxygen atoms in total. The molecule has 0 aliphatic rings. The molecule has 0 fully saturated rings. The SMILES string of the molecule is C/C=C/C(=O)NCCCCCc1nc2ccccc2n1CCOc1ccc(OC)cc1. The Bertz CT molecular complexity index is 993. The van der Waals surface area contributed by atoms with Gasteiger partial charge in [0.2, 0.25) is 5.91 Å². The number of carbonyl (C=O) groups is 1. The summed E-state index contributed by atoms with van der Waals surface area (Å²) >= 11 is 0. The van der Waals surface area contributed by atoms with Gasteiger partial charge >= 0.3 is 0 Å². The van der Waals surface area contributed by atoms with Crippen molar-refractivity contribution in [3.05, 3.63) is 66.5 Å². The van der Waals surface area contributed by atoms with E-state index in [-0.39, 0.29) is 5.91 Å². The number of benzene rings is 2. The minimum atomic E-state index is -0.0267. The van der Waals surface area contributed by atoms with E-state index in [0.29, 0.717) is 13.2 Å². The van der Waals surface area contributed by atoms with E-state index in [2.05, 4.69) is 22.0 Å². The number of allylic oxidation sites excluding steroid dienone is 1. The molecule has 0 saturated carbocycles. The molecule has 0 aliphatic carbocycles. The first-order valence-electron chi connectivity index (χ1n) is 10.8. The number of ether oxygens (including phenoxy) is 2. The third-order valence-electron chi connectivity index (χ3n) is 5.07. The van der Waals surface area contributed by atoms with Crippen LogP contribution in [0.25, 0.3) is 11.0 Å². The highest BCUT2D eigenvalue weighted by Gasteiger charge is 2.10. The fourth-order valence-electron chi connectivity index (χ4n) is 3.50. The van der Waals surface area contributed by atoms with Crippen molar-refractivity contribution in [2.75, 3.05) is 20.3 Å². The van der Waals surface area contributed by atoms with Crippen LogP contribution < -0.4 is 14.8 Å². The Morgan fingerprint density at radius 1 is 1.06 bits per heavy atom. The van der Waals surface area contributed by atoms with Gasteiger partial charge in [0.15, 0.2) is 0 Å². The summed E-state index contributed by atoms with van der Waals surface area (Å²) in [6.07, 6.45) is 7.24. The number of aromatic nitrogens is 2. The molecule has 3 rings (SSSR count). The number of nitrogens with one attached hydrogen (secondary N) is 1. The smallest absolute Gasteiger partial charge is 0.243 e. The summed E-state index contributed by atoms with van der Waals surface area (Å²) in [7, 11) is 1.65. The molecule has 1 aromatic heterocycles. The summed E-state index contributed by atoms with van der Waals surface area (Å²) < 4.78 is 13.4. The summed E-state index contributed by atoms with van der Waals surface area (Å²) in [5, 5.41) is 2.89. The number of rotatable bonds is 12. The first kappa shape index (κ1) is 22.4. The standard InChI is InChI=1S/C25H31N3O3/c1-3-9-25(29)26-17-8-4-5-12-24-27-22-10-6-7-11-23(22)28(24)18-19-31-21-15-13-20(30-2)14-16-21/h3,6-7,9-11,13-16H,4-5,8,12,17-19H2,1-2H3,(H,26,29)/b9-3+. The van der Waals surface area contributed by atoms with E-state index in [0.717, 1.165) is 60.6 Å². The first-order valence-corrected chi connectivity index (χ1v) is 10.8. The monoisotopic (exact) mass is 421 g/mol. The van der Waals surface area contributed by atoms with Crippen LogP contribution in [0.2, 0.25) is 0 Å². The Hall–Kier alpha value is -3.28. The molecule has 0 radical (unpaired) electrons. The van der Waals surface area contributed by atoms with Crippen LogP contribution >= 0.6 is 0 Å². The molecular weight excluding hydrogens is 390 g/mol. The van der Waals surface area contributed by atoms with Crippen LogP contribution in [0.1, 0.15) is 32.0 Å². The van der Waals surface area contributed by atoms with Gasteiger partial charge in [-0.15, -0.1) is 0 Å². The number of hydrogen-bond acceptors (Lipinski definition) is 4. The van der Waals surface area contributed by atoms with Gasteiger partial charge in [0.25, 0.3) is 0 Å². The molecule has 31 heavy (non-hydrogen) atoms. The van der Waals surface area contributed by atoms with Crippen LogP contribution in [-0.2, 0) is 17.8 Å². The molecule has 1 amide bonds. The maximum Gasteiger partial charge on any atom is 0.243 e. The second-order valence-electron chi connectivity index (χ2n) is 7.29. The number of hydrogen-bond donors (Lipinski definition) is 1. The van der Waals surface area contributed by atoms with Crippen LogP contribution in [0.15, 0.2) is 60.7 Å². The summed E-state index contributed by atoms with van der Waals surface area (Å²) in [6.45, 7) is 3.85. The van der Waals surface area contributed by atoms with Crippen LogP contribution in [-0.4, -0.2) is 35.7 Å². The lowest BCUT2D eigenvalue weighted by Gasteiger charge is -2.11. The van der Waals surface area contributed by atoms with Crippen LogP contribution in [0.4, 0.5) is 0 Å². The first-order chi connectivity index (χ1) is 15.2. The van der Waals surface area contributed by atoms with Crippen LogP contribution in [0.5, 0.6) is 11.5 Å². The number of unbranched alkanes of at least 4 members (excludes halogenated alkanes) is 2. The summed E-state index contributed by atoms with van der Waals surface area (Å²) in [5.74, 6) is 2.70. The van der Waals surface area contributed by atoms with Crippen molar-refractivity contribution < 1.29 is 14.3 Å².